The zero-order chi connectivity index (χ0) is 16.4. The number of halogens is 1. The van der Waals surface area contributed by atoms with E-state index in [1.54, 1.807) is 42.5 Å². The van der Waals surface area contributed by atoms with Crippen molar-refractivity contribution in [1.82, 2.24) is 4.98 Å². The van der Waals surface area contributed by atoms with Crippen molar-refractivity contribution in [2.24, 2.45) is 0 Å². The quantitative estimate of drug-likeness (QED) is 0.715. The second-order valence-corrected chi connectivity index (χ2v) is 5.20. The monoisotopic (exact) mass is 349 g/mol. The Bertz CT molecular complexity index is 844. The highest BCUT2D eigenvalue weighted by Crippen LogP contribution is 2.28. The van der Waals surface area contributed by atoms with Gasteiger partial charge in [-0.05, 0) is 43.3 Å². The number of fused-ring (bicyclic) bond motifs is 1. The molecule has 2 aromatic carbocycles. The molecule has 24 heavy (non-hydrogen) atoms. The molecule has 0 saturated carbocycles. The normalized spacial score (nSPS) is 11.6. The van der Waals surface area contributed by atoms with Crippen LogP contribution in [0.4, 0.5) is 0 Å². The summed E-state index contributed by atoms with van der Waals surface area (Å²) in [5.74, 6) is -0.120. The number of aliphatic carboxylic acids is 1. The SMILES string of the molecule is C.C[C@@H](Oc1ccc(Oc2nc3ccc(Cl)cc3o2)cc1)C(=O)O. The molecule has 3 rings (SSSR count). The predicted molar refractivity (Wildman–Crippen MR) is 90.0 cm³/mol. The Hall–Kier alpha value is -2.73. The number of carbonyl (C=O) groups is 1. The van der Waals surface area contributed by atoms with Crippen molar-refractivity contribution in [2.75, 3.05) is 0 Å². The zero-order valence-corrected chi connectivity index (χ0v) is 12.8. The number of nitrogens with zero attached hydrogens (tertiary/aromatic N) is 1. The molecule has 1 aromatic heterocycles. The van der Waals surface area contributed by atoms with Gasteiger partial charge in [-0.25, -0.2) is 4.79 Å². The van der Waals surface area contributed by atoms with Crippen molar-refractivity contribution < 1.29 is 23.8 Å². The average molecular weight is 350 g/mol. The number of rotatable bonds is 5. The maximum atomic E-state index is 10.7. The van der Waals surface area contributed by atoms with E-state index in [2.05, 4.69) is 4.98 Å². The van der Waals surface area contributed by atoms with Crippen molar-refractivity contribution in [1.29, 1.82) is 0 Å². The van der Waals surface area contributed by atoms with E-state index in [0.717, 1.165) is 0 Å². The molecular weight excluding hydrogens is 334 g/mol. The van der Waals surface area contributed by atoms with Gasteiger partial charge in [0.25, 0.3) is 0 Å². The lowest BCUT2D eigenvalue weighted by atomic mass is 10.3. The van der Waals surface area contributed by atoms with Gasteiger partial charge in [-0.3, -0.25) is 0 Å². The first kappa shape index (κ1) is 17.6. The van der Waals surface area contributed by atoms with Crippen LogP contribution in [0.1, 0.15) is 14.4 Å². The van der Waals surface area contributed by atoms with Crippen LogP contribution < -0.4 is 9.47 Å². The Morgan fingerprint density at radius 2 is 1.88 bits per heavy atom. The molecule has 0 aliphatic rings. The van der Waals surface area contributed by atoms with E-state index in [9.17, 15) is 4.79 Å². The summed E-state index contributed by atoms with van der Waals surface area (Å²) in [5.41, 5.74) is 1.17. The standard InChI is InChI=1S/C16H12ClNO5.CH4/c1-9(15(19)20)21-11-3-5-12(6-4-11)22-16-18-13-7-2-10(17)8-14(13)23-16;/h2-9H,1H3,(H,19,20);1H4/t9-;/m1./s1. The van der Waals surface area contributed by atoms with Gasteiger partial charge in [0.15, 0.2) is 11.7 Å². The van der Waals surface area contributed by atoms with Gasteiger partial charge in [0.1, 0.15) is 17.0 Å². The lowest BCUT2D eigenvalue weighted by molar-refractivity contribution is -0.144. The number of oxazole rings is 1. The lowest BCUT2D eigenvalue weighted by Crippen LogP contribution is -2.22. The minimum atomic E-state index is -1.03. The highest BCUT2D eigenvalue weighted by molar-refractivity contribution is 6.31. The fourth-order valence-corrected chi connectivity index (χ4v) is 2.02. The molecule has 0 aliphatic heterocycles. The number of aromatic nitrogens is 1. The summed E-state index contributed by atoms with van der Waals surface area (Å²) in [6.07, 6.45) is -0.835. The molecule has 0 bridgehead atoms. The van der Waals surface area contributed by atoms with Gasteiger partial charge in [0.2, 0.25) is 0 Å². The summed E-state index contributed by atoms with van der Waals surface area (Å²) in [6, 6.07) is 11.6. The molecule has 3 aromatic rings. The van der Waals surface area contributed by atoms with Crippen LogP contribution >= 0.6 is 11.6 Å². The van der Waals surface area contributed by atoms with Crippen LogP contribution in [0.25, 0.3) is 11.1 Å². The molecule has 0 aliphatic carbocycles. The summed E-state index contributed by atoms with van der Waals surface area (Å²) in [7, 11) is 0. The van der Waals surface area contributed by atoms with Crippen molar-refractivity contribution in [3.8, 4) is 17.6 Å². The Labute approximate surface area is 143 Å². The van der Waals surface area contributed by atoms with Crippen LogP contribution in [0.3, 0.4) is 0 Å². The molecule has 1 N–H and O–H groups in total. The summed E-state index contributed by atoms with van der Waals surface area (Å²) < 4.78 is 16.2. The van der Waals surface area contributed by atoms with E-state index in [0.29, 0.717) is 27.6 Å². The number of hydrogen-bond donors (Lipinski definition) is 1. The van der Waals surface area contributed by atoms with Crippen LogP contribution in [0, 0.1) is 0 Å². The molecule has 0 spiro atoms. The van der Waals surface area contributed by atoms with E-state index >= 15 is 0 Å². The van der Waals surface area contributed by atoms with Gasteiger partial charge in [0.05, 0.1) is 0 Å². The molecule has 7 heteroatoms. The molecule has 1 heterocycles. The third-order valence-electron chi connectivity index (χ3n) is 3.02. The highest BCUT2D eigenvalue weighted by atomic mass is 35.5. The molecular formula is C17H16ClNO5. The summed E-state index contributed by atoms with van der Waals surface area (Å²) in [5, 5.41) is 9.35. The van der Waals surface area contributed by atoms with E-state index in [4.69, 9.17) is 30.6 Å². The van der Waals surface area contributed by atoms with Crippen molar-refractivity contribution >= 4 is 28.7 Å². The minimum Gasteiger partial charge on any atom is -0.479 e. The van der Waals surface area contributed by atoms with Crippen LogP contribution in [0.15, 0.2) is 46.9 Å². The van der Waals surface area contributed by atoms with E-state index < -0.39 is 12.1 Å². The second-order valence-electron chi connectivity index (χ2n) is 4.76. The average Bonchev–Trinajstić information content (AvgIpc) is 2.90. The van der Waals surface area contributed by atoms with E-state index in [1.807, 2.05) is 0 Å². The molecule has 6 nitrogen and oxygen atoms in total. The number of hydrogen-bond acceptors (Lipinski definition) is 5. The summed E-state index contributed by atoms with van der Waals surface area (Å²) in [4.78, 5) is 14.9. The number of benzene rings is 2. The second kappa shape index (κ2) is 7.23. The Morgan fingerprint density at radius 3 is 2.54 bits per heavy atom. The Morgan fingerprint density at radius 1 is 1.21 bits per heavy atom. The van der Waals surface area contributed by atoms with Crippen LogP contribution in [-0.4, -0.2) is 22.2 Å². The van der Waals surface area contributed by atoms with Gasteiger partial charge < -0.3 is 19.0 Å². The first-order chi connectivity index (χ1) is 11.0. The molecule has 126 valence electrons. The smallest absolute Gasteiger partial charge is 0.400 e. The molecule has 1 atom stereocenters. The van der Waals surface area contributed by atoms with Gasteiger partial charge in [0, 0.05) is 11.1 Å². The fraction of sp³-hybridized carbons (Fsp3) is 0.176. The van der Waals surface area contributed by atoms with Gasteiger partial charge in [-0.1, -0.05) is 19.0 Å². The van der Waals surface area contributed by atoms with Crippen molar-refractivity contribution in [2.45, 2.75) is 20.5 Å². The summed E-state index contributed by atoms with van der Waals surface area (Å²) in [6.45, 7) is 1.45. The third kappa shape index (κ3) is 3.97. The third-order valence-corrected chi connectivity index (χ3v) is 3.26. The molecule has 0 fully saturated rings. The van der Waals surface area contributed by atoms with Crippen molar-refractivity contribution in [3.63, 3.8) is 0 Å². The molecule has 0 amide bonds. The maximum absolute atomic E-state index is 10.7. The van der Waals surface area contributed by atoms with Gasteiger partial charge >= 0.3 is 12.0 Å². The number of carboxylic acid groups (broad SMARTS) is 1. The van der Waals surface area contributed by atoms with Crippen LogP contribution in [0.2, 0.25) is 5.02 Å². The molecule has 0 unspecified atom stereocenters. The first-order valence-electron chi connectivity index (χ1n) is 6.75. The number of carboxylic acids is 1. The van der Waals surface area contributed by atoms with Crippen LogP contribution in [0.5, 0.6) is 17.6 Å². The molecule has 0 radical (unpaired) electrons. The topological polar surface area (TPSA) is 81.8 Å². The largest absolute Gasteiger partial charge is 0.479 e. The Balaban J connectivity index is 0.00000208. The van der Waals surface area contributed by atoms with E-state index in [1.165, 1.54) is 6.92 Å². The first-order valence-corrected chi connectivity index (χ1v) is 7.12. The maximum Gasteiger partial charge on any atom is 0.400 e. The van der Waals surface area contributed by atoms with E-state index in [-0.39, 0.29) is 13.5 Å². The minimum absolute atomic E-state index is 0. The fourth-order valence-electron chi connectivity index (χ4n) is 1.86. The predicted octanol–water partition coefficient (Wildman–Crippen LogP) is 4.76. The zero-order valence-electron chi connectivity index (χ0n) is 12.0. The highest BCUT2D eigenvalue weighted by Gasteiger charge is 2.13. The van der Waals surface area contributed by atoms with Gasteiger partial charge in [-0.2, -0.15) is 4.98 Å². The van der Waals surface area contributed by atoms with Gasteiger partial charge in [-0.15, -0.1) is 0 Å². The molecule has 0 saturated heterocycles. The van der Waals surface area contributed by atoms with Crippen LogP contribution in [-0.2, 0) is 4.79 Å². The Kier molecular flexibility index (Phi) is 5.31. The van der Waals surface area contributed by atoms with Crippen molar-refractivity contribution in [3.05, 3.63) is 47.5 Å². The number of ether oxygens (including phenoxy) is 2. The summed E-state index contributed by atoms with van der Waals surface area (Å²) >= 11 is 5.88. The lowest BCUT2D eigenvalue weighted by Gasteiger charge is -2.10.